The summed E-state index contributed by atoms with van der Waals surface area (Å²) >= 11 is 1.33. The summed E-state index contributed by atoms with van der Waals surface area (Å²) in [4.78, 5) is 17.2. The fourth-order valence-corrected chi connectivity index (χ4v) is 4.01. The van der Waals surface area contributed by atoms with Crippen LogP contribution in [0.5, 0.6) is 0 Å². The van der Waals surface area contributed by atoms with Crippen LogP contribution in [-0.2, 0) is 16.4 Å². The van der Waals surface area contributed by atoms with Crippen LogP contribution in [0, 0.1) is 0 Å². The first kappa shape index (κ1) is 17.3. The summed E-state index contributed by atoms with van der Waals surface area (Å²) in [7, 11) is -3.50. The van der Waals surface area contributed by atoms with E-state index in [-0.39, 0.29) is 10.5 Å². The number of carbonyl (C=O) groups excluding carboxylic acids is 1. The van der Waals surface area contributed by atoms with Gasteiger partial charge in [-0.3, -0.25) is 4.79 Å². The summed E-state index contributed by atoms with van der Waals surface area (Å²) in [5.74, 6) is -0.565. The van der Waals surface area contributed by atoms with E-state index in [0.717, 1.165) is 11.8 Å². The lowest BCUT2D eigenvalue weighted by Crippen LogP contribution is -2.18. The van der Waals surface area contributed by atoms with E-state index in [4.69, 9.17) is 0 Å². The maximum atomic E-state index is 12.5. The first-order chi connectivity index (χ1) is 11.9. The fourth-order valence-electron chi connectivity index (χ4n) is 2.40. The second-order valence-electron chi connectivity index (χ2n) is 5.48. The van der Waals surface area contributed by atoms with Crippen molar-refractivity contribution in [2.75, 3.05) is 6.26 Å². The Labute approximate surface area is 149 Å². The Bertz CT molecular complexity index is 1060. The van der Waals surface area contributed by atoms with Gasteiger partial charge in [0.15, 0.2) is 14.6 Å². The molecular weight excluding hydrogens is 356 g/mol. The van der Waals surface area contributed by atoms with Crippen molar-refractivity contribution in [1.82, 2.24) is 4.57 Å². The molecule has 128 valence electrons. The molecule has 0 atom stereocenters. The summed E-state index contributed by atoms with van der Waals surface area (Å²) < 4.78 is 25.6. The van der Waals surface area contributed by atoms with Crippen LogP contribution < -0.4 is 4.80 Å². The zero-order valence-electron chi connectivity index (χ0n) is 13.5. The SMILES string of the molecule is CS(=O)(=O)c1ccccc1C(=O)N=c1sccn1Cc1ccccc1. The number of sulfone groups is 1. The van der Waals surface area contributed by atoms with Crippen LogP contribution >= 0.6 is 11.3 Å². The van der Waals surface area contributed by atoms with Gasteiger partial charge in [0, 0.05) is 24.4 Å². The van der Waals surface area contributed by atoms with Crippen molar-refractivity contribution < 1.29 is 13.2 Å². The van der Waals surface area contributed by atoms with Crippen molar-refractivity contribution in [3.05, 3.63) is 82.1 Å². The lowest BCUT2D eigenvalue weighted by molar-refractivity contribution is 0.0994. The predicted octanol–water partition coefficient (Wildman–Crippen LogP) is 2.74. The van der Waals surface area contributed by atoms with Gasteiger partial charge in [-0.15, -0.1) is 11.3 Å². The van der Waals surface area contributed by atoms with E-state index in [1.807, 2.05) is 46.5 Å². The van der Waals surface area contributed by atoms with E-state index in [1.165, 1.54) is 23.5 Å². The van der Waals surface area contributed by atoms with Crippen molar-refractivity contribution in [2.45, 2.75) is 11.4 Å². The third-order valence-corrected chi connectivity index (χ3v) is 5.52. The molecule has 2 aromatic carbocycles. The zero-order chi connectivity index (χ0) is 17.9. The van der Waals surface area contributed by atoms with E-state index < -0.39 is 15.7 Å². The van der Waals surface area contributed by atoms with Crippen LogP contribution in [-0.4, -0.2) is 25.1 Å². The van der Waals surface area contributed by atoms with Crippen LogP contribution in [0.4, 0.5) is 0 Å². The van der Waals surface area contributed by atoms with E-state index in [2.05, 4.69) is 4.99 Å². The third kappa shape index (κ3) is 4.12. The van der Waals surface area contributed by atoms with Crippen LogP contribution in [0.15, 0.2) is 76.1 Å². The minimum absolute atomic E-state index is 0.00471. The molecule has 0 aliphatic carbocycles. The Balaban J connectivity index is 1.98. The maximum absolute atomic E-state index is 12.5. The molecule has 1 amide bonds. The molecule has 7 heteroatoms. The van der Waals surface area contributed by atoms with Gasteiger partial charge in [0.2, 0.25) is 0 Å². The molecule has 0 unspecified atom stereocenters. The Hall–Kier alpha value is -2.51. The van der Waals surface area contributed by atoms with Gasteiger partial charge in [-0.1, -0.05) is 42.5 Å². The molecule has 0 fully saturated rings. The average Bonchev–Trinajstić information content (AvgIpc) is 3.02. The summed E-state index contributed by atoms with van der Waals surface area (Å²) in [5.41, 5.74) is 1.18. The van der Waals surface area contributed by atoms with Crippen molar-refractivity contribution >= 4 is 27.1 Å². The maximum Gasteiger partial charge on any atom is 0.280 e. The summed E-state index contributed by atoms with van der Waals surface area (Å²) in [6.07, 6.45) is 2.94. The summed E-state index contributed by atoms with van der Waals surface area (Å²) in [5, 5.41) is 1.84. The summed E-state index contributed by atoms with van der Waals surface area (Å²) in [6.45, 7) is 0.587. The van der Waals surface area contributed by atoms with Gasteiger partial charge in [-0.2, -0.15) is 4.99 Å². The van der Waals surface area contributed by atoms with E-state index >= 15 is 0 Å². The lowest BCUT2D eigenvalue weighted by atomic mass is 10.2. The molecule has 0 bridgehead atoms. The lowest BCUT2D eigenvalue weighted by Gasteiger charge is -2.05. The Morgan fingerprint density at radius 1 is 1.08 bits per heavy atom. The minimum atomic E-state index is -3.50. The molecule has 3 aromatic rings. The number of thiazole rings is 1. The van der Waals surface area contributed by atoms with Crippen LogP contribution in [0.1, 0.15) is 15.9 Å². The van der Waals surface area contributed by atoms with E-state index in [9.17, 15) is 13.2 Å². The molecular formula is C18H16N2O3S2. The van der Waals surface area contributed by atoms with Gasteiger partial charge in [0.25, 0.3) is 5.91 Å². The smallest absolute Gasteiger partial charge is 0.280 e. The molecule has 0 N–H and O–H groups in total. The molecule has 0 radical (unpaired) electrons. The zero-order valence-corrected chi connectivity index (χ0v) is 15.1. The molecule has 1 aromatic heterocycles. The number of carbonyl (C=O) groups is 1. The van der Waals surface area contributed by atoms with Gasteiger partial charge in [0.1, 0.15) is 0 Å². The monoisotopic (exact) mass is 372 g/mol. The first-order valence-corrected chi connectivity index (χ1v) is 10.3. The van der Waals surface area contributed by atoms with E-state index in [1.54, 1.807) is 12.1 Å². The normalized spacial score (nSPS) is 12.3. The third-order valence-electron chi connectivity index (χ3n) is 3.57. The Morgan fingerprint density at radius 3 is 2.48 bits per heavy atom. The minimum Gasteiger partial charge on any atom is -0.319 e. The summed E-state index contributed by atoms with van der Waals surface area (Å²) in [6, 6.07) is 16.0. The molecule has 5 nitrogen and oxygen atoms in total. The fraction of sp³-hybridized carbons (Fsp3) is 0.111. The quantitative estimate of drug-likeness (QED) is 0.707. The molecule has 0 aliphatic rings. The molecule has 1 heterocycles. The number of hydrogen-bond donors (Lipinski definition) is 0. The van der Waals surface area contributed by atoms with Gasteiger partial charge in [-0.05, 0) is 17.7 Å². The number of aromatic nitrogens is 1. The van der Waals surface area contributed by atoms with Crippen molar-refractivity contribution in [3.8, 4) is 0 Å². The van der Waals surface area contributed by atoms with Gasteiger partial charge < -0.3 is 4.57 Å². The van der Waals surface area contributed by atoms with Crippen LogP contribution in [0.3, 0.4) is 0 Å². The van der Waals surface area contributed by atoms with Crippen LogP contribution in [0.25, 0.3) is 0 Å². The highest BCUT2D eigenvalue weighted by Crippen LogP contribution is 2.16. The number of nitrogens with zero attached hydrogens (tertiary/aromatic N) is 2. The molecule has 0 saturated heterocycles. The second kappa shape index (κ2) is 7.16. The average molecular weight is 372 g/mol. The molecule has 0 saturated carbocycles. The number of hydrogen-bond acceptors (Lipinski definition) is 4. The molecule has 25 heavy (non-hydrogen) atoms. The second-order valence-corrected chi connectivity index (χ2v) is 8.34. The highest BCUT2D eigenvalue weighted by atomic mass is 32.2. The highest BCUT2D eigenvalue weighted by molar-refractivity contribution is 7.90. The number of amides is 1. The molecule has 3 rings (SSSR count). The van der Waals surface area contributed by atoms with Gasteiger partial charge in [0.05, 0.1) is 10.5 Å². The van der Waals surface area contributed by atoms with Crippen molar-refractivity contribution in [1.29, 1.82) is 0 Å². The van der Waals surface area contributed by atoms with E-state index in [0.29, 0.717) is 11.3 Å². The Kier molecular flexibility index (Phi) is 4.96. The first-order valence-electron chi connectivity index (χ1n) is 7.51. The van der Waals surface area contributed by atoms with Crippen molar-refractivity contribution in [3.63, 3.8) is 0 Å². The molecule has 0 aliphatic heterocycles. The number of benzene rings is 2. The van der Waals surface area contributed by atoms with Crippen LogP contribution in [0.2, 0.25) is 0 Å². The topological polar surface area (TPSA) is 68.5 Å². The standard InChI is InChI=1S/C18H16N2O3S2/c1-25(22,23)16-10-6-5-9-15(16)17(21)19-18-20(11-12-24-18)13-14-7-3-2-4-8-14/h2-12H,13H2,1H3. The van der Waals surface area contributed by atoms with Gasteiger partial charge in [-0.25, -0.2) is 8.42 Å². The van der Waals surface area contributed by atoms with Gasteiger partial charge >= 0.3 is 0 Å². The Morgan fingerprint density at radius 2 is 1.76 bits per heavy atom. The highest BCUT2D eigenvalue weighted by Gasteiger charge is 2.17. The predicted molar refractivity (Wildman–Crippen MR) is 97.3 cm³/mol. The largest absolute Gasteiger partial charge is 0.319 e. The number of rotatable bonds is 4. The molecule has 0 spiro atoms. The van der Waals surface area contributed by atoms with Crippen molar-refractivity contribution in [2.24, 2.45) is 4.99 Å².